The van der Waals surface area contributed by atoms with Crippen LogP contribution in [0.3, 0.4) is 0 Å². The molecule has 0 saturated carbocycles. The fourth-order valence-electron chi connectivity index (χ4n) is 2.97. The first-order valence-corrected chi connectivity index (χ1v) is 9.81. The average molecular weight is 333 g/mol. The molecule has 0 aromatic heterocycles. The molecule has 4 nitrogen and oxygen atoms in total. The molecule has 0 saturated heterocycles. The predicted molar refractivity (Wildman–Crippen MR) is 94.2 cm³/mol. The van der Waals surface area contributed by atoms with Gasteiger partial charge >= 0.3 is 0 Å². The molecule has 2 aromatic carbocycles. The highest BCUT2D eigenvalue weighted by molar-refractivity contribution is 7.90. The molecule has 0 N–H and O–H groups in total. The van der Waals surface area contributed by atoms with Gasteiger partial charge in [0.25, 0.3) is 0 Å². The minimum absolute atomic E-state index is 0.0118. The highest BCUT2D eigenvalue weighted by atomic mass is 32.2. The summed E-state index contributed by atoms with van der Waals surface area (Å²) in [6.45, 7) is 4.16. The third kappa shape index (κ3) is 4.55. The second-order valence-corrected chi connectivity index (χ2v) is 8.12. The number of benzene rings is 2. The van der Waals surface area contributed by atoms with Gasteiger partial charge in [0, 0.05) is 18.8 Å². The standard InChI is InChI=1S/C18H23NO3S/c1-4-19(14(2)13-23(3,21)22)18(20)12-16-10-7-9-15-8-5-6-11-17(15)16/h5-11,14H,4,12-13H2,1-3H3/t14-/m0/s1. The lowest BCUT2D eigenvalue weighted by atomic mass is 10.0. The van der Waals surface area contributed by atoms with Crippen LogP contribution in [0.5, 0.6) is 0 Å². The topological polar surface area (TPSA) is 54.5 Å². The van der Waals surface area contributed by atoms with E-state index >= 15 is 0 Å². The predicted octanol–water partition coefficient (Wildman–Crippen LogP) is 2.66. The summed E-state index contributed by atoms with van der Waals surface area (Å²) in [7, 11) is -3.11. The Balaban J connectivity index is 2.22. The maximum atomic E-state index is 12.6. The van der Waals surface area contributed by atoms with Gasteiger partial charge in [0.15, 0.2) is 0 Å². The van der Waals surface area contributed by atoms with Crippen molar-refractivity contribution in [3.8, 4) is 0 Å². The molecule has 1 amide bonds. The second-order valence-electron chi connectivity index (χ2n) is 5.94. The molecular weight excluding hydrogens is 310 g/mol. The summed E-state index contributed by atoms with van der Waals surface area (Å²) < 4.78 is 23.0. The number of hydrogen-bond donors (Lipinski definition) is 0. The van der Waals surface area contributed by atoms with Crippen molar-refractivity contribution in [3.63, 3.8) is 0 Å². The Morgan fingerprint density at radius 2 is 1.78 bits per heavy atom. The van der Waals surface area contributed by atoms with Gasteiger partial charge in [0.05, 0.1) is 12.2 Å². The molecule has 0 aliphatic heterocycles. The normalized spacial score (nSPS) is 13.0. The van der Waals surface area contributed by atoms with Gasteiger partial charge in [-0.25, -0.2) is 8.42 Å². The molecule has 5 heteroatoms. The van der Waals surface area contributed by atoms with Crippen LogP contribution in [0.4, 0.5) is 0 Å². The number of rotatable bonds is 6. The summed E-state index contributed by atoms with van der Waals surface area (Å²) in [6, 6.07) is 13.6. The van der Waals surface area contributed by atoms with Gasteiger partial charge in [-0.05, 0) is 30.2 Å². The van der Waals surface area contributed by atoms with E-state index in [0.29, 0.717) is 6.54 Å². The van der Waals surface area contributed by atoms with E-state index in [0.717, 1.165) is 16.3 Å². The quantitative estimate of drug-likeness (QED) is 0.817. The number of hydrogen-bond acceptors (Lipinski definition) is 3. The lowest BCUT2D eigenvalue weighted by Gasteiger charge is -2.28. The fourth-order valence-corrected chi connectivity index (χ4v) is 4.03. The molecule has 0 unspecified atom stereocenters. The van der Waals surface area contributed by atoms with Gasteiger partial charge in [0.2, 0.25) is 5.91 Å². The SMILES string of the molecule is CCN(C(=O)Cc1cccc2ccccc12)[C@@H](C)CS(C)(=O)=O. The first kappa shape index (κ1) is 17.5. The van der Waals surface area contributed by atoms with E-state index in [9.17, 15) is 13.2 Å². The smallest absolute Gasteiger partial charge is 0.227 e. The zero-order valence-corrected chi connectivity index (χ0v) is 14.6. The van der Waals surface area contributed by atoms with E-state index in [1.807, 2.05) is 49.4 Å². The zero-order chi connectivity index (χ0) is 17.0. The molecule has 0 spiro atoms. The number of carbonyl (C=O) groups excluding carboxylic acids is 1. The van der Waals surface area contributed by atoms with Gasteiger partial charge in [-0.1, -0.05) is 42.5 Å². The second kappa shape index (κ2) is 7.13. The lowest BCUT2D eigenvalue weighted by molar-refractivity contribution is -0.131. The Morgan fingerprint density at radius 3 is 2.43 bits per heavy atom. The maximum absolute atomic E-state index is 12.6. The molecule has 0 bridgehead atoms. The highest BCUT2D eigenvalue weighted by Gasteiger charge is 2.22. The van der Waals surface area contributed by atoms with E-state index in [1.54, 1.807) is 11.8 Å². The molecule has 1 atom stereocenters. The van der Waals surface area contributed by atoms with Crippen molar-refractivity contribution < 1.29 is 13.2 Å². The van der Waals surface area contributed by atoms with Crippen LogP contribution in [0.25, 0.3) is 10.8 Å². The van der Waals surface area contributed by atoms with Crippen molar-refractivity contribution in [2.75, 3.05) is 18.6 Å². The third-order valence-corrected chi connectivity index (χ3v) is 5.05. The number of fused-ring (bicyclic) bond motifs is 1. The Bertz CT molecular complexity index is 794. The van der Waals surface area contributed by atoms with Crippen LogP contribution >= 0.6 is 0 Å². The summed E-state index contributed by atoms with van der Waals surface area (Å²) in [5.41, 5.74) is 0.970. The van der Waals surface area contributed by atoms with Crippen LogP contribution in [0.15, 0.2) is 42.5 Å². The average Bonchev–Trinajstić information content (AvgIpc) is 2.46. The summed E-state index contributed by atoms with van der Waals surface area (Å²) >= 11 is 0. The van der Waals surface area contributed by atoms with E-state index in [1.165, 1.54) is 6.26 Å². The largest absolute Gasteiger partial charge is 0.339 e. The van der Waals surface area contributed by atoms with Crippen molar-refractivity contribution in [1.82, 2.24) is 4.90 Å². The van der Waals surface area contributed by atoms with E-state index < -0.39 is 9.84 Å². The lowest BCUT2D eigenvalue weighted by Crippen LogP contribution is -2.42. The van der Waals surface area contributed by atoms with Crippen LogP contribution in [-0.2, 0) is 21.1 Å². The van der Waals surface area contributed by atoms with Crippen LogP contribution in [0.1, 0.15) is 19.4 Å². The van der Waals surface area contributed by atoms with Crippen molar-refractivity contribution in [2.24, 2.45) is 0 Å². The van der Waals surface area contributed by atoms with Crippen LogP contribution in [-0.4, -0.2) is 43.8 Å². The van der Waals surface area contributed by atoms with Gasteiger partial charge in [-0.3, -0.25) is 4.79 Å². The molecule has 2 aromatic rings. The minimum Gasteiger partial charge on any atom is -0.339 e. The Hall–Kier alpha value is -1.88. The Labute approximate surface area is 138 Å². The molecule has 0 heterocycles. The van der Waals surface area contributed by atoms with E-state index in [4.69, 9.17) is 0 Å². The number of nitrogens with zero attached hydrogens (tertiary/aromatic N) is 1. The fraction of sp³-hybridized carbons (Fsp3) is 0.389. The first-order chi connectivity index (χ1) is 10.8. The Morgan fingerprint density at radius 1 is 1.13 bits per heavy atom. The van der Waals surface area contributed by atoms with Crippen LogP contribution in [0.2, 0.25) is 0 Å². The van der Waals surface area contributed by atoms with Crippen LogP contribution in [0, 0.1) is 0 Å². The van der Waals surface area contributed by atoms with Crippen LogP contribution < -0.4 is 0 Å². The molecule has 2 rings (SSSR count). The number of likely N-dealkylation sites (N-methyl/N-ethyl adjacent to an activating group) is 1. The van der Waals surface area contributed by atoms with Gasteiger partial charge < -0.3 is 4.90 Å². The van der Waals surface area contributed by atoms with E-state index in [2.05, 4.69) is 0 Å². The zero-order valence-electron chi connectivity index (χ0n) is 13.8. The van der Waals surface area contributed by atoms with Gasteiger partial charge in [-0.2, -0.15) is 0 Å². The van der Waals surface area contributed by atoms with E-state index in [-0.39, 0.29) is 24.1 Å². The molecule has 124 valence electrons. The summed E-state index contributed by atoms with van der Waals surface area (Å²) in [6.07, 6.45) is 1.48. The number of carbonyl (C=O) groups is 1. The molecule has 0 fully saturated rings. The molecule has 23 heavy (non-hydrogen) atoms. The summed E-state index contributed by atoms with van der Waals surface area (Å²) in [4.78, 5) is 14.3. The third-order valence-electron chi connectivity index (χ3n) is 3.96. The summed E-state index contributed by atoms with van der Waals surface area (Å²) in [5.74, 6) is -0.0535. The maximum Gasteiger partial charge on any atom is 0.227 e. The number of sulfone groups is 1. The number of amides is 1. The molecular formula is C18H23NO3S. The molecule has 0 aliphatic rings. The molecule has 0 radical (unpaired) electrons. The monoisotopic (exact) mass is 333 g/mol. The van der Waals surface area contributed by atoms with Crippen molar-refractivity contribution >= 4 is 26.5 Å². The van der Waals surface area contributed by atoms with Crippen molar-refractivity contribution in [3.05, 3.63) is 48.0 Å². The van der Waals surface area contributed by atoms with Gasteiger partial charge in [0.1, 0.15) is 9.84 Å². The summed E-state index contributed by atoms with van der Waals surface area (Å²) in [5, 5.41) is 2.17. The van der Waals surface area contributed by atoms with Crippen molar-refractivity contribution in [2.45, 2.75) is 26.3 Å². The van der Waals surface area contributed by atoms with Gasteiger partial charge in [-0.15, -0.1) is 0 Å². The Kier molecular flexibility index (Phi) is 5.42. The molecule has 0 aliphatic carbocycles. The van der Waals surface area contributed by atoms with Crippen molar-refractivity contribution in [1.29, 1.82) is 0 Å². The minimum atomic E-state index is -3.11. The highest BCUT2D eigenvalue weighted by Crippen LogP contribution is 2.20. The first-order valence-electron chi connectivity index (χ1n) is 7.75.